The van der Waals surface area contributed by atoms with Crippen molar-refractivity contribution >= 4 is 32.3 Å². The molecule has 0 N–H and O–H groups in total. The van der Waals surface area contributed by atoms with E-state index >= 15 is 0 Å². The molecule has 0 aliphatic carbocycles. The van der Waals surface area contributed by atoms with Crippen molar-refractivity contribution in [3.05, 3.63) is 218 Å². The van der Waals surface area contributed by atoms with Gasteiger partial charge in [0.1, 0.15) is 0 Å². The third-order valence-corrected chi connectivity index (χ3v) is 10.9. The molecule has 0 spiro atoms. The number of hydrogen-bond donors (Lipinski definition) is 0. The van der Waals surface area contributed by atoms with Crippen LogP contribution in [0.15, 0.2) is 218 Å². The van der Waals surface area contributed by atoms with Gasteiger partial charge in [-0.25, -0.2) is 0 Å². The minimum absolute atomic E-state index is 1.21. The second-order valence-corrected chi connectivity index (χ2v) is 14.0. The second-order valence-electron chi connectivity index (χ2n) is 14.0. The molecule has 0 amide bonds. The molecule has 0 nitrogen and oxygen atoms in total. The monoisotopic (exact) mass is 684 g/mol. The lowest BCUT2D eigenvalue weighted by Crippen LogP contribution is -1.93. The molecule has 0 saturated carbocycles. The molecule has 0 saturated heterocycles. The molecule has 0 radical (unpaired) electrons. The van der Waals surface area contributed by atoms with Gasteiger partial charge in [0, 0.05) is 0 Å². The van der Waals surface area contributed by atoms with E-state index in [1.165, 1.54) is 99.1 Å². The van der Waals surface area contributed by atoms with E-state index in [-0.39, 0.29) is 0 Å². The molecule has 10 aromatic rings. The highest BCUT2D eigenvalue weighted by Gasteiger charge is 2.19. The fourth-order valence-corrected chi connectivity index (χ4v) is 8.43. The van der Waals surface area contributed by atoms with E-state index in [2.05, 4.69) is 218 Å². The summed E-state index contributed by atoms with van der Waals surface area (Å²) in [6.45, 7) is 0. The average Bonchev–Trinajstić information content (AvgIpc) is 3.26. The molecule has 252 valence electrons. The summed E-state index contributed by atoms with van der Waals surface area (Å²) in [5.74, 6) is 0. The van der Waals surface area contributed by atoms with Crippen molar-refractivity contribution in [2.45, 2.75) is 0 Å². The summed E-state index contributed by atoms with van der Waals surface area (Å²) >= 11 is 0. The van der Waals surface area contributed by atoms with Crippen molar-refractivity contribution in [2.75, 3.05) is 0 Å². The Morgan fingerprint density at radius 2 is 0.630 bits per heavy atom. The van der Waals surface area contributed by atoms with E-state index in [9.17, 15) is 0 Å². The molecule has 0 heterocycles. The SMILES string of the molecule is c1ccc(-c2cccc(-c3ccccc3-c3ccc(-c4ccccc4)c4ccc(-c5c6ccccc6c(-c6ccccc6)c6ccccc56)cc34)c2)cc1. The van der Waals surface area contributed by atoms with Gasteiger partial charge in [-0.2, -0.15) is 0 Å². The van der Waals surface area contributed by atoms with Crippen LogP contribution in [0.5, 0.6) is 0 Å². The minimum atomic E-state index is 1.21. The Balaban J connectivity index is 1.25. The molecule has 0 aliphatic heterocycles. The van der Waals surface area contributed by atoms with Crippen molar-refractivity contribution < 1.29 is 0 Å². The number of rotatable bonds is 6. The van der Waals surface area contributed by atoms with E-state index in [1.807, 2.05) is 0 Å². The maximum Gasteiger partial charge on any atom is -0.00261 e. The largest absolute Gasteiger partial charge is 0.0622 e. The van der Waals surface area contributed by atoms with Crippen LogP contribution < -0.4 is 0 Å². The van der Waals surface area contributed by atoms with Crippen LogP contribution in [0.2, 0.25) is 0 Å². The molecule has 10 rings (SSSR count). The van der Waals surface area contributed by atoms with Crippen molar-refractivity contribution in [1.29, 1.82) is 0 Å². The van der Waals surface area contributed by atoms with Crippen LogP contribution in [0.25, 0.3) is 99.1 Å². The van der Waals surface area contributed by atoms with Gasteiger partial charge in [-0.3, -0.25) is 0 Å². The van der Waals surface area contributed by atoms with Crippen LogP contribution >= 0.6 is 0 Å². The second kappa shape index (κ2) is 13.5. The number of fused-ring (bicyclic) bond motifs is 3. The fourth-order valence-electron chi connectivity index (χ4n) is 8.43. The average molecular weight is 685 g/mol. The van der Waals surface area contributed by atoms with Gasteiger partial charge in [0.25, 0.3) is 0 Å². The predicted molar refractivity (Wildman–Crippen MR) is 232 cm³/mol. The van der Waals surface area contributed by atoms with Gasteiger partial charge in [-0.1, -0.05) is 206 Å². The van der Waals surface area contributed by atoms with Gasteiger partial charge in [0.2, 0.25) is 0 Å². The zero-order valence-corrected chi connectivity index (χ0v) is 29.8. The smallest absolute Gasteiger partial charge is 0.00261 e. The normalized spacial score (nSPS) is 11.3. The lowest BCUT2D eigenvalue weighted by molar-refractivity contribution is 1.57. The van der Waals surface area contributed by atoms with Crippen LogP contribution in [0.3, 0.4) is 0 Å². The summed E-state index contributed by atoms with van der Waals surface area (Å²) in [5, 5.41) is 7.52. The summed E-state index contributed by atoms with van der Waals surface area (Å²) in [7, 11) is 0. The summed E-state index contributed by atoms with van der Waals surface area (Å²) in [6.07, 6.45) is 0. The number of hydrogen-bond acceptors (Lipinski definition) is 0. The Morgan fingerprint density at radius 3 is 1.26 bits per heavy atom. The third kappa shape index (κ3) is 5.48. The first-order chi connectivity index (χ1) is 26.8. The van der Waals surface area contributed by atoms with Crippen LogP contribution in [-0.4, -0.2) is 0 Å². The van der Waals surface area contributed by atoms with Gasteiger partial charge in [0.15, 0.2) is 0 Å². The highest BCUT2D eigenvalue weighted by molar-refractivity contribution is 6.22. The first-order valence-corrected chi connectivity index (χ1v) is 18.7. The molecule has 10 aromatic carbocycles. The van der Waals surface area contributed by atoms with E-state index in [4.69, 9.17) is 0 Å². The molecule has 0 atom stereocenters. The summed E-state index contributed by atoms with van der Waals surface area (Å²) in [6, 6.07) is 79.7. The Morgan fingerprint density at radius 1 is 0.167 bits per heavy atom. The first-order valence-electron chi connectivity index (χ1n) is 18.7. The predicted octanol–water partition coefficient (Wildman–Crippen LogP) is 15.1. The lowest BCUT2D eigenvalue weighted by atomic mass is 9.84. The third-order valence-electron chi connectivity index (χ3n) is 10.9. The molecule has 0 fully saturated rings. The van der Waals surface area contributed by atoms with Gasteiger partial charge >= 0.3 is 0 Å². The fraction of sp³-hybridized carbons (Fsp3) is 0. The molecule has 54 heavy (non-hydrogen) atoms. The van der Waals surface area contributed by atoms with Crippen molar-refractivity contribution in [3.8, 4) is 66.8 Å². The first kappa shape index (κ1) is 31.7. The van der Waals surface area contributed by atoms with Crippen LogP contribution in [-0.2, 0) is 0 Å². The van der Waals surface area contributed by atoms with Crippen LogP contribution in [0.1, 0.15) is 0 Å². The zero-order valence-electron chi connectivity index (χ0n) is 29.8. The van der Waals surface area contributed by atoms with E-state index < -0.39 is 0 Å². The molecule has 0 bridgehead atoms. The van der Waals surface area contributed by atoms with Gasteiger partial charge in [-0.05, 0) is 111 Å². The highest BCUT2D eigenvalue weighted by Crippen LogP contribution is 2.46. The summed E-state index contributed by atoms with van der Waals surface area (Å²) < 4.78 is 0. The van der Waals surface area contributed by atoms with Gasteiger partial charge < -0.3 is 0 Å². The Hall–Kier alpha value is -7.02. The molecule has 0 heteroatoms. The zero-order chi connectivity index (χ0) is 35.8. The van der Waals surface area contributed by atoms with Gasteiger partial charge in [0.05, 0.1) is 0 Å². The lowest BCUT2D eigenvalue weighted by Gasteiger charge is -2.20. The Labute approximate surface area is 316 Å². The van der Waals surface area contributed by atoms with Crippen molar-refractivity contribution in [2.24, 2.45) is 0 Å². The van der Waals surface area contributed by atoms with E-state index in [1.54, 1.807) is 0 Å². The molecule has 0 aromatic heterocycles. The van der Waals surface area contributed by atoms with Crippen molar-refractivity contribution in [3.63, 3.8) is 0 Å². The van der Waals surface area contributed by atoms with E-state index in [0.717, 1.165) is 0 Å². The van der Waals surface area contributed by atoms with Crippen LogP contribution in [0.4, 0.5) is 0 Å². The van der Waals surface area contributed by atoms with Crippen molar-refractivity contribution in [1.82, 2.24) is 0 Å². The van der Waals surface area contributed by atoms with E-state index in [0.29, 0.717) is 0 Å². The standard InChI is InChI=1S/C54H36/c1-4-17-37(18-5-1)40-23-16-24-41(35-40)43-25-10-11-26-45(43)47-34-33-44(38-19-6-2-7-20-38)46-32-31-42(36-52(46)47)54-50-29-14-12-27-48(50)53(39-21-8-3-9-22-39)49-28-13-15-30-51(49)54/h1-36H. The number of benzene rings is 10. The van der Waals surface area contributed by atoms with Gasteiger partial charge in [-0.15, -0.1) is 0 Å². The molecule has 0 aliphatic rings. The molecular weight excluding hydrogens is 649 g/mol. The Bertz CT molecular complexity index is 2900. The maximum absolute atomic E-state index is 2.45. The quantitative estimate of drug-likeness (QED) is 0.153. The molecule has 0 unspecified atom stereocenters. The minimum Gasteiger partial charge on any atom is -0.0622 e. The highest BCUT2D eigenvalue weighted by atomic mass is 14.2. The summed E-state index contributed by atoms with van der Waals surface area (Å²) in [5.41, 5.74) is 14.8. The topological polar surface area (TPSA) is 0 Å². The van der Waals surface area contributed by atoms with Crippen LogP contribution in [0, 0.1) is 0 Å². The Kier molecular flexibility index (Phi) is 7.93. The summed E-state index contributed by atoms with van der Waals surface area (Å²) in [4.78, 5) is 0. The molecular formula is C54H36. The maximum atomic E-state index is 2.45.